The Hall–Kier alpha value is -1.85. The first-order valence-electron chi connectivity index (χ1n) is 7.11. The molecule has 0 fully saturated rings. The van der Waals surface area contributed by atoms with Gasteiger partial charge in [0.25, 0.3) is 0 Å². The van der Waals surface area contributed by atoms with E-state index in [2.05, 4.69) is 34.0 Å². The van der Waals surface area contributed by atoms with Crippen molar-refractivity contribution in [2.45, 2.75) is 33.1 Å². The van der Waals surface area contributed by atoms with Crippen molar-refractivity contribution in [2.24, 2.45) is 11.8 Å². The maximum Gasteiger partial charge on any atom is 0.324 e. The number of aromatic nitrogens is 3. The van der Waals surface area contributed by atoms with Crippen LogP contribution in [-0.4, -0.2) is 28.2 Å². The summed E-state index contributed by atoms with van der Waals surface area (Å²) in [6.07, 6.45) is 7.43. The van der Waals surface area contributed by atoms with Crippen LogP contribution in [0.25, 0.3) is 0 Å². The molecule has 20 heavy (non-hydrogen) atoms. The van der Waals surface area contributed by atoms with Crippen LogP contribution in [0.3, 0.4) is 0 Å². The molecule has 0 saturated carbocycles. The second kappa shape index (κ2) is 7.07. The number of nitrogen functional groups attached to an aromatic ring is 1. The van der Waals surface area contributed by atoms with E-state index in [0.29, 0.717) is 25.0 Å². The Bertz CT molecular complexity index is 464. The van der Waals surface area contributed by atoms with E-state index in [0.717, 1.165) is 19.3 Å². The molecule has 110 valence electrons. The lowest BCUT2D eigenvalue weighted by Crippen LogP contribution is -2.22. The monoisotopic (exact) mass is 278 g/mol. The topological polar surface area (TPSA) is 83.2 Å². The van der Waals surface area contributed by atoms with Crippen LogP contribution < -0.4 is 15.2 Å². The Morgan fingerprint density at radius 3 is 2.55 bits per heavy atom. The van der Waals surface area contributed by atoms with Crippen LogP contribution in [0.2, 0.25) is 0 Å². The largest absolute Gasteiger partial charge is 0.463 e. The number of hydrogen-bond donors (Lipinski definition) is 1. The SMILES string of the molecule is CCCOc1nc(N)nc(OCC2CC=CCC2C)n1. The van der Waals surface area contributed by atoms with Crippen molar-refractivity contribution in [2.75, 3.05) is 18.9 Å². The second-order valence-corrected chi connectivity index (χ2v) is 5.10. The van der Waals surface area contributed by atoms with Crippen LogP contribution in [0.15, 0.2) is 12.2 Å². The summed E-state index contributed by atoms with van der Waals surface area (Å²) in [5, 5.41) is 0. The molecule has 0 bridgehead atoms. The summed E-state index contributed by atoms with van der Waals surface area (Å²) in [6.45, 7) is 5.38. The lowest BCUT2D eigenvalue weighted by atomic mass is 9.85. The number of anilines is 1. The molecule has 0 spiro atoms. The molecule has 0 radical (unpaired) electrons. The molecule has 1 aromatic rings. The summed E-state index contributed by atoms with van der Waals surface area (Å²) in [6, 6.07) is 0.469. The minimum absolute atomic E-state index is 0.123. The molecule has 0 aromatic carbocycles. The number of rotatable bonds is 6. The van der Waals surface area contributed by atoms with Crippen LogP contribution in [0, 0.1) is 11.8 Å². The molecule has 2 N–H and O–H groups in total. The summed E-state index contributed by atoms with van der Waals surface area (Å²) in [4.78, 5) is 12.0. The maximum atomic E-state index is 5.66. The third kappa shape index (κ3) is 4.08. The van der Waals surface area contributed by atoms with Gasteiger partial charge in [-0.05, 0) is 31.1 Å². The lowest BCUT2D eigenvalue weighted by Gasteiger charge is -2.24. The van der Waals surface area contributed by atoms with Gasteiger partial charge < -0.3 is 15.2 Å². The predicted molar refractivity (Wildman–Crippen MR) is 76.5 cm³/mol. The zero-order valence-electron chi connectivity index (χ0n) is 12.1. The summed E-state index contributed by atoms with van der Waals surface area (Å²) in [5.41, 5.74) is 5.63. The molecule has 1 aromatic heterocycles. The van der Waals surface area contributed by atoms with Gasteiger partial charge in [-0.1, -0.05) is 26.0 Å². The fourth-order valence-electron chi connectivity index (χ4n) is 2.10. The highest BCUT2D eigenvalue weighted by Gasteiger charge is 2.19. The van der Waals surface area contributed by atoms with Gasteiger partial charge in [0.1, 0.15) is 0 Å². The quantitative estimate of drug-likeness (QED) is 0.803. The van der Waals surface area contributed by atoms with E-state index in [1.165, 1.54) is 0 Å². The molecular formula is C14H22N4O2. The third-order valence-corrected chi connectivity index (χ3v) is 3.39. The fraction of sp³-hybridized carbons (Fsp3) is 0.643. The van der Waals surface area contributed by atoms with Crippen LogP contribution in [0.5, 0.6) is 12.0 Å². The van der Waals surface area contributed by atoms with Crippen LogP contribution in [0.4, 0.5) is 5.95 Å². The van der Waals surface area contributed by atoms with Crippen molar-refractivity contribution < 1.29 is 9.47 Å². The van der Waals surface area contributed by atoms with E-state index in [-0.39, 0.29) is 18.0 Å². The normalized spacial score (nSPS) is 21.7. The molecule has 0 aliphatic heterocycles. The van der Waals surface area contributed by atoms with Gasteiger partial charge in [0.05, 0.1) is 13.2 Å². The van der Waals surface area contributed by atoms with Gasteiger partial charge >= 0.3 is 12.0 Å². The summed E-state index contributed by atoms with van der Waals surface area (Å²) >= 11 is 0. The molecule has 1 aliphatic carbocycles. The standard InChI is InChI=1S/C14H22N4O2/c1-3-8-19-13-16-12(15)17-14(18-13)20-9-11-7-5-4-6-10(11)2/h4-5,10-11H,3,6-9H2,1-2H3,(H2,15,16,17,18). The number of nitrogens with zero attached hydrogens (tertiary/aromatic N) is 3. The van der Waals surface area contributed by atoms with Gasteiger partial charge in [0.2, 0.25) is 5.95 Å². The number of allylic oxidation sites excluding steroid dienone is 2. The Labute approximate surface area is 119 Å². The third-order valence-electron chi connectivity index (χ3n) is 3.39. The smallest absolute Gasteiger partial charge is 0.324 e. The number of ether oxygens (including phenoxy) is 2. The van der Waals surface area contributed by atoms with E-state index in [9.17, 15) is 0 Å². The van der Waals surface area contributed by atoms with E-state index in [4.69, 9.17) is 15.2 Å². The highest BCUT2D eigenvalue weighted by Crippen LogP contribution is 2.25. The first kappa shape index (κ1) is 14.6. The van der Waals surface area contributed by atoms with Gasteiger partial charge in [-0.15, -0.1) is 4.98 Å². The van der Waals surface area contributed by atoms with Crippen LogP contribution >= 0.6 is 0 Å². The number of nitrogens with two attached hydrogens (primary N) is 1. The molecule has 1 heterocycles. The minimum Gasteiger partial charge on any atom is -0.463 e. The highest BCUT2D eigenvalue weighted by atomic mass is 16.5. The van der Waals surface area contributed by atoms with Gasteiger partial charge in [-0.2, -0.15) is 9.97 Å². The Kier molecular flexibility index (Phi) is 5.15. The average Bonchev–Trinajstić information content (AvgIpc) is 2.44. The molecule has 0 saturated heterocycles. The fourth-order valence-corrected chi connectivity index (χ4v) is 2.10. The van der Waals surface area contributed by atoms with Gasteiger partial charge in [-0.3, -0.25) is 0 Å². The maximum absolute atomic E-state index is 5.66. The van der Waals surface area contributed by atoms with Gasteiger partial charge in [0, 0.05) is 0 Å². The minimum atomic E-state index is 0.123. The van der Waals surface area contributed by atoms with Crippen molar-refractivity contribution in [1.82, 2.24) is 15.0 Å². The van der Waals surface area contributed by atoms with Crippen molar-refractivity contribution >= 4 is 5.95 Å². The highest BCUT2D eigenvalue weighted by molar-refractivity contribution is 5.20. The zero-order valence-corrected chi connectivity index (χ0v) is 12.1. The summed E-state index contributed by atoms with van der Waals surface area (Å²) in [7, 11) is 0. The second-order valence-electron chi connectivity index (χ2n) is 5.10. The first-order chi connectivity index (χ1) is 9.69. The van der Waals surface area contributed by atoms with Gasteiger partial charge in [0.15, 0.2) is 0 Å². The van der Waals surface area contributed by atoms with Crippen molar-refractivity contribution in [3.63, 3.8) is 0 Å². The van der Waals surface area contributed by atoms with E-state index >= 15 is 0 Å². The van der Waals surface area contributed by atoms with Crippen LogP contribution in [0.1, 0.15) is 33.1 Å². The lowest BCUT2D eigenvalue weighted by molar-refractivity contribution is 0.183. The Balaban J connectivity index is 1.94. The van der Waals surface area contributed by atoms with Crippen molar-refractivity contribution in [3.8, 4) is 12.0 Å². The molecule has 2 atom stereocenters. The molecule has 2 unspecified atom stereocenters. The Morgan fingerprint density at radius 2 is 1.85 bits per heavy atom. The molecule has 2 rings (SSSR count). The molecule has 1 aliphatic rings. The molecule has 6 heteroatoms. The van der Waals surface area contributed by atoms with Crippen molar-refractivity contribution in [1.29, 1.82) is 0 Å². The molecule has 6 nitrogen and oxygen atoms in total. The van der Waals surface area contributed by atoms with Crippen molar-refractivity contribution in [3.05, 3.63) is 12.2 Å². The molecular weight excluding hydrogens is 256 g/mol. The zero-order chi connectivity index (χ0) is 14.4. The van der Waals surface area contributed by atoms with E-state index in [1.807, 2.05) is 6.92 Å². The Morgan fingerprint density at radius 1 is 1.15 bits per heavy atom. The number of hydrogen-bond acceptors (Lipinski definition) is 6. The first-order valence-corrected chi connectivity index (χ1v) is 7.11. The molecule has 0 amide bonds. The van der Waals surface area contributed by atoms with E-state index in [1.54, 1.807) is 0 Å². The average molecular weight is 278 g/mol. The van der Waals surface area contributed by atoms with Crippen LogP contribution in [-0.2, 0) is 0 Å². The summed E-state index contributed by atoms with van der Waals surface area (Å²) < 4.78 is 11.0. The summed E-state index contributed by atoms with van der Waals surface area (Å²) in [5.74, 6) is 1.21. The predicted octanol–water partition coefficient (Wildman–Crippen LogP) is 2.22. The van der Waals surface area contributed by atoms with Gasteiger partial charge in [-0.25, -0.2) is 0 Å². The van der Waals surface area contributed by atoms with E-state index < -0.39 is 0 Å².